The molecule has 0 bridgehead atoms. The first kappa shape index (κ1) is 23.7. The predicted molar refractivity (Wildman–Crippen MR) is 118 cm³/mol. The van der Waals surface area contributed by atoms with Crippen molar-refractivity contribution in [2.24, 2.45) is 0 Å². The van der Waals surface area contributed by atoms with E-state index in [1.807, 2.05) is 0 Å². The largest absolute Gasteiger partial charge is 0.404 e. The van der Waals surface area contributed by atoms with Crippen molar-refractivity contribution in [2.75, 3.05) is 11.1 Å². The zero-order chi connectivity index (χ0) is 25.2. The molecule has 0 unspecified atom stereocenters. The summed E-state index contributed by atoms with van der Waals surface area (Å²) in [5.74, 6) is -2.15. The highest BCUT2D eigenvalue weighted by atomic mass is 32.2. The topological polar surface area (TPSA) is 126 Å². The number of carbonyl (C=O) groups excluding carboxylic acids is 1. The van der Waals surface area contributed by atoms with Crippen molar-refractivity contribution in [3.63, 3.8) is 0 Å². The molecular weight excluding hydrogens is 489 g/mol. The number of hydrogen-bond donors (Lipinski definition) is 2. The van der Waals surface area contributed by atoms with Crippen LogP contribution in [0, 0.1) is 6.92 Å². The van der Waals surface area contributed by atoms with E-state index in [1.54, 1.807) is 6.92 Å². The van der Waals surface area contributed by atoms with Crippen LogP contribution in [0.25, 0.3) is 0 Å². The van der Waals surface area contributed by atoms with E-state index in [0.29, 0.717) is 34.0 Å². The van der Waals surface area contributed by atoms with Gasteiger partial charge in [-0.2, -0.15) is 17.5 Å². The normalized spacial score (nSPS) is 19.5. The summed E-state index contributed by atoms with van der Waals surface area (Å²) in [5, 5.41) is 5.93. The number of aryl methyl sites for hydroxylation is 1. The van der Waals surface area contributed by atoms with Crippen molar-refractivity contribution in [1.82, 2.24) is 24.2 Å². The Morgan fingerprint density at radius 1 is 1.14 bits per heavy atom. The third-order valence-corrected chi connectivity index (χ3v) is 8.49. The minimum Gasteiger partial charge on any atom is -0.335 e. The van der Waals surface area contributed by atoms with E-state index in [9.17, 15) is 31.2 Å². The van der Waals surface area contributed by atoms with Crippen molar-refractivity contribution in [3.8, 4) is 0 Å². The summed E-state index contributed by atoms with van der Waals surface area (Å²) in [7, 11) is -4.62. The Labute approximate surface area is 198 Å². The number of rotatable bonds is 4. The van der Waals surface area contributed by atoms with Gasteiger partial charge in [0.25, 0.3) is 11.5 Å². The molecular formula is C21H23F3N6O4S. The average Bonchev–Trinajstić information content (AvgIpc) is 3.32. The first-order valence-electron chi connectivity index (χ1n) is 11.1. The van der Waals surface area contributed by atoms with E-state index in [1.165, 1.54) is 10.6 Å². The molecule has 3 aliphatic rings. The molecule has 0 aromatic carbocycles. The van der Waals surface area contributed by atoms with Gasteiger partial charge >= 0.3 is 6.18 Å². The third-order valence-electron chi connectivity index (χ3n) is 6.75. The minimum atomic E-state index is -4.88. The van der Waals surface area contributed by atoms with Crippen LogP contribution in [0.3, 0.4) is 0 Å². The maximum absolute atomic E-state index is 13.6. The SMILES string of the molecule is Cc1cc(Nc2ncnc3c2CN(S(=O)(=O)CC(F)(F)F)C3)c(=O)n2c1C(=O)NC21CCCCC1. The molecule has 2 N–H and O–H groups in total. The molecule has 2 aromatic heterocycles. The summed E-state index contributed by atoms with van der Waals surface area (Å²) in [6, 6.07) is 1.53. The number of hydrogen-bond acceptors (Lipinski definition) is 7. The molecule has 4 heterocycles. The van der Waals surface area contributed by atoms with E-state index < -0.39 is 33.2 Å². The standard InChI is InChI=1S/C21H23F3N6O4S/c1-12-7-14(19(32)30-16(12)18(31)28-20(30)5-3-2-4-6-20)27-17-13-8-29(9-15(13)25-11-26-17)35(33,34)10-21(22,23)24/h7,11H,2-6,8-10H2,1H3,(H,28,31)(H,25,26,27). The lowest BCUT2D eigenvalue weighted by Gasteiger charge is -2.35. The van der Waals surface area contributed by atoms with Crippen molar-refractivity contribution >= 4 is 27.4 Å². The van der Waals surface area contributed by atoms with Crippen LogP contribution in [-0.2, 0) is 28.8 Å². The van der Waals surface area contributed by atoms with Gasteiger partial charge in [0.1, 0.15) is 29.2 Å². The Morgan fingerprint density at radius 3 is 2.54 bits per heavy atom. The molecule has 2 aliphatic heterocycles. The number of carbonyl (C=O) groups is 1. The second-order valence-corrected chi connectivity index (χ2v) is 11.2. The summed E-state index contributed by atoms with van der Waals surface area (Å²) < 4.78 is 65.0. The van der Waals surface area contributed by atoms with Gasteiger partial charge in [0.2, 0.25) is 10.0 Å². The van der Waals surface area contributed by atoms with Crippen LogP contribution in [0.5, 0.6) is 0 Å². The first-order chi connectivity index (χ1) is 16.4. The number of aromatic nitrogens is 3. The molecule has 1 aliphatic carbocycles. The Morgan fingerprint density at radius 2 is 1.86 bits per heavy atom. The van der Waals surface area contributed by atoms with Crippen LogP contribution >= 0.6 is 0 Å². The summed E-state index contributed by atoms with van der Waals surface area (Å²) in [5.41, 5.74) is 0.337. The molecule has 0 atom stereocenters. The maximum Gasteiger partial charge on any atom is 0.404 e. The number of halogens is 3. The molecule has 14 heteroatoms. The van der Waals surface area contributed by atoms with E-state index >= 15 is 0 Å². The lowest BCUT2D eigenvalue weighted by atomic mass is 9.89. The number of nitrogens with one attached hydrogen (secondary N) is 2. The van der Waals surface area contributed by atoms with Gasteiger partial charge in [0.05, 0.1) is 12.2 Å². The van der Waals surface area contributed by atoms with Gasteiger partial charge in [0, 0.05) is 12.1 Å². The fourth-order valence-electron chi connectivity index (χ4n) is 5.22. The lowest BCUT2D eigenvalue weighted by molar-refractivity contribution is -0.107. The lowest BCUT2D eigenvalue weighted by Crippen LogP contribution is -2.48. The van der Waals surface area contributed by atoms with Crippen LogP contribution in [0.4, 0.5) is 24.7 Å². The Hall–Kier alpha value is -3.00. The van der Waals surface area contributed by atoms with Crippen LogP contribution in [0.15, 0.2) is 17.2 Å². The van der Waals surface area contributed by atoms with Gasteiger partial charge in [-0.3, -0.25) is 14.2 Å². The number of fused-ring (bicyclic) bond motifs is 3. The molecule has 5 rings (SSSR count). The second kappa shape index (κ2) is 8.01. The van der Waals surface area contributed by atoms with Crippen LogP contribution < -0.4 is 16.2 Å². The highest BCUT2D eigenvalue weighted by Crippen LogP contribution is 2.38. The van der Waals surface area contributed by atoms with E-state index in [0.717, 1.165) is 25.6 Å². The number of alkyl halides is 3. The molecule has 0 saturated heterocycles. The van der Waals surface area contributed by atoms with Gasteiger partial charge in [-0.25, -0.2) is 18.4 Å². The van der Waals surface area contributed by atoms with Gasteiger partial charge in [-0.1, -0.05) is 6.42 Å². The molecule has 10 nitrogen and oxygen atoms in total. The molecule has 35 heavy (non-hydrogen) atoms. The Kier molecular flexibility index (Phi) is 5.43. The fraction of sp³-hybridized carbons (Fsp3) is 0.524. The molecule has 1 fully saturated rings. The van der Waals surface area contributed by atoms with Gasteiger partial charge < -0.3 is 10.6 Å². The smallest absolute Gasteiger partial charge is 0.335 e. The molecule has 1 amide bonds. The summed E-state index contributed by atoms with van der Waals surface area (Å²) in [6.07, 6.45) is 0.283. The molecule has 1 spiro atoms. The molecule has 0 radical (unpaired) electrons. The fourth-order valence-corrected chi connectivity index (χ4v) is 6.46. The monoisotopic (exact) mass is 512 g/mol. The second-order valence-electron chi connectivity index (χ2n) is 9.19. The summed E-state index contributed by atoms with van der Waals surface area (Å²) >= 11 is 0. The number of pyridine rings is 1. The van der Waals surface area contributed by atoms with Crippen LogP contribution in [0.2, 0.25) is 0 Å². The van der Waals surface area contributed by atoms with Gasteiger partial charge in [-0.05, 0) is 44.2 Å². The zero-order valence-corrected chi connectivity index (χ0v) is 19.6. The average molecular weight is 513 g/mol. The number of anilines is 2. The zero-order valence-electron chi connectivity index (χ0n) is 18.8. The number of sulfonamides is 1. The molecule has 188 valence electrons. The maximum atomic E-state index is 13.6. The quantitative estimate of drug-likeness (QED) is 0.644. The van der Waals surface area contributed by atoms with Gasteiger partial charge in [-0.15, -0.1) is 0 Å². The van der Waals surface area contributed by atoms with E-state index in [4.69, 9.17) is 0 Å². The Balaban J connectivity index is 1.50. The summed E-state index contributed by atoms with van der Waals surface area (Å²) in [4.78, 5) is 34.4. The van der Waals surface area contributed by atoms with Crippen LogP contribution in [0.1, 0.15) is 59.4 Å². The highest BCUT2D eigenvalue weighted by Gasteiger charge is 2.45. The van der Waals surface area contributed by atoms with Crippen molar-refractivity contribution in [2.45, 2.75) is 64.0 Å². The van der Waals surface area contributed by atoms with E-state index in [2.05, 4.69) is 20.6 Å². The minimum absolute atomic E-state index is 0.130. The number of nitrogens with zero attached hydrogens (tertiary/aromatic N) is 4. The Bertz CT molecular complexity index is 1380. The van der Waals surface area contributed by atoms with Crippen LogP contribution in [-0.4, -0.2) is 45.1 Å². The summed E-state index contributed by atoms with van der Waals surface area (Å²) in [6.45, 7) is 1.04. The molecule has 2 aromatic rings. The van der Waals surface area contributed by atoms with Crippen molar-refractivity contribution < 1.29 is 26.4 Å². The van der Waals surface area contributed by atoms with Crippen molar-refractivity contribution in [1.29, 1.82) is 0 Å². The predicted octanol–water partition coefficient (Wildman–Crippen LogP) is 2.26. The first-order valence-corrected chi connectivity index (χ1v) is 12.8. The highest BCUT2D eigenvalue weighted by molar-refractivity contribution is 7.89. The number of amides is 1. The third kappa shape index (κ3) is 4.07. The van der Waals surface area contributed by atoms with Crippen molar-refractivity contribution in [3.05, 3.63) is 45.3 Å². The molecule has 1 saturated carbocycles. The van der Waals surface area contributed by atoms with E-state index in [-0.39, 0.29) is 36.2 Å². The van der Waals surface area contributed by atoms with Gasteiger partial charge in [0.15, 0.2) is 5.75 Å².